The Morgan fingerprint density at radius 2 is 1.79 bits per heavy atom. The van der Waals surface area contributed by atoms with Crippen molar-refractivity contribution in [3.05, 3.63) is 117 Å². The second-order valence-electron chi connectivity index (χ2n) is 25.0. The highest BCUT2D eigenvalue weighted by Gasteiger charge is 2.44. The van der Waals surface area contributed by atoms with Crippen LogP contribution in [0.1, 0.15) is 98.2 Å². The molecule has 0 spiro atoms. The van der Waals surface area contributed by atoms with Crippen molar-refractivity contribution in [3.8, 4) is 34.1 Å². The second kappa shape index (κ2) is 21.8. The number of ether oxygens (including phenoxy) is 3. The fourth-order valence-electron chi connectivity index (χ4n) is 14.3. The van der Waals surface area contributed by atoms with Crippen LogP contribution >= 0.6 is 0 Å². The zero-order valence-electron chi connectivity index (χ0n) is 48.6. The summed E-state index contributed by atoms with van der Waals surface area (Å²) in [6.07, 6.45) is 8.87. The maximum atomic E-state index is 16.3. The summed E-state index contributed by atoms with van der Waals surface area (Å²) in [4.78, 5) is 60.8. The number of aliphatic hydroxyl groups excluding tert-OH is 2. The lowest BCUT2D eigenvalue weighted by Crippen LogP contribution is -2.50. The first-order valence-corrected chi connectivity index (χ1v) is 30.5. The van der Waals surface area contributed by atoms with Gasteiger partial charge in [-0.1, -0.05) is 44.2 Å². The number of anilines is 1. The van der Waals surface area contributed by atoms with Gasteiger partial charge in [0.1, 0.15) is 41.9 Å². The van der Waals surface area contributed by atoms with E-state index >= 15 is 4.39 Å². The number of β-amino-alcohol motifs (C(OH)–C–C–N with tert-alkyl or cyclic N) is 1. The molecule has 1 aliphatic carbocycles. The number of rotatable bonds is 15. The van der Waals surface area contributed by atoms with E-state index in [4.69, 9.17) is 35.0 Å². The Kier molecular flexibility index (Phi) is 13.8. The minimum Gasteiger partial charge on any atom is -0.486 e. The molecular formula is C64H69FN14O8. The zero-order valence-corrected chi connectivity index (χ0v) is 48.6. The van der Waals surface area contributed by atoms with Crippen molar-refractivity contribution in [1.82, 2.24) is 60.2 Å². The lowest BCUT2D eigenvalue weighted by Gasteiger charge is -2.31. The van der Waals surface area contributed by atoms with Crippen LogP contribution in [0, 0.1) is 18.7 Å². The highest BCUT2D eigenvalue weighted by molar-refractivity contribution is 6.07. The predicted molar refractivity (Wildman–Crippen MR) is 323 cm³/mol. The number of hydrogen-bond donors (Lipinski definition) is 7. The normalized spacial score (nSPS) is 22.0. The quantitative estimate of drug-likeness (QED) is 0.0608. The van der Waals surface area contributed by atoms with Gasteiger partial charge in [0.2, 0.25) is 11.8 Å². The van der Waals surface area contributed by atoms with Gasteiger partial charge in [-0.3, -0.25) is 28.8 Å². The largest absolute Gasteiger partial charge is 0.486 e. The molecule has 0 radical (unpaired) electrons. The average molecular weight is 1180 g/mol. The minimum absolute atomic E-state index is 0.0125. The van der Waals surface area contributed by atoms with Gasteiger partial charge in [0, 0.05) is 113 Å². The molecule has 5 aliphatic heterocycles. The highest BCUT2D eigenvalue weighted by Crippen LogP contribution is 2.54. The number of benzene rings is 4. The number of likely N-dealkylation sites (tertiary alicyclic amines) is 1. The molecule has 9 aromatic rings. The summed E-state index contributed by atoms with van der Waals surface area (Å²) in [5, 5.41) is 47.7. The van der Waals surface area contributed by atoms with Crippen molar-refractivity contribution < 1.29 is 38.4 Å². The van der Waals surface area contributed by atoms with E-state index in [0.717, 1.165) is 82.5 Å². The molecule has 23 heteroatoms. The number of carbonyl (C=O) groups is 2. The van der Waals surface area contributed by atoms with Gasteiger partial charge >= 0.3 is 6.01 Å². The van der Waals surface area contributed by atoms with Crippen molar-refractivity contribution in [3.63, 3.8) is 0 Å². The van der Waals surface area contributed by atoms with E-state index in [9.17, 15) is 24.6 Å². The van der Waals surface area contributed by atoms with E-state index in [1.54, 1.807) is 25.5 Å². The SMILES string of the molecule is Cc1c(F)cc2[nH]ncc2c1-c1c(C2CC2)cc2c(N3C[C@@H]4C[C@H]3CN4)nc(OC3CCOCC3)nc2c1OCc1ccc2c(c1)[nH]c(=O)c1nn([C@H](C(=O)N3C[C@H](O)C[C@H]3C(=O)N[C@@H](CO)c3ccc4c(c3)C[C@@H](N)Cn3nccc3-4)C(C)C)cc12. The van der Waals surface area contributed by atoms with Crippen molar-refractivity contribution in [1.29, 1.82) is 0 Å². The Balaban J connectivity index is 0.756. The van der Waals surface area contributed by atoms with Crippen LogP contribution in [0.2, 0.25) is 0 Å². The van der Waals surface area contributed by atoms with Crippen LogP contribution in [0.25, 0.3) is 66.0 Å². The Morgan fingerprint density at radius 1 is 0.943 bits per heavy atom. The minimum atomic E-state index is -1.06. The average Bonchev–Trinajstić information content (AvgIpc) is 2.28. The number of nitrogens with zero attached hydrogens (tertiary/aromatic N) is 9. The Bertz CT molecular complexity index is 4280. The first-order valence-electron chi connectivity index (χ1n) is 30.5. The molecular weight excluding hydrogens is 1110 g/mol. The van der Waals surface area contributed by atoms with Gasteiger partial charge in [0.25, 0.3) is 5.56 Å². The maximum absolute atomic E-state index is 16.3. The second-order valence-corrected chi connectivity index (χ2v) is 25.0. The van der Waals surface area contributed by atoms with Gasteiger partial charge in [0.05, 0.1) is 55.9 Å². The number of fused-ring (bicyclic) bond motifs is 10. The number of aromatic nitrogens is 9. The number of hydrogen-bond acceptors (Lipinski definition) is 16. The van der Waals surface area contributed by atoms with Crippen molar-refractivity contribution >= 4 is 61.2 Å². The van der Waals surface area contributed by atoms with Crippen LogP contribution in [0.5, 0.6) is 11.8 Å². The number of piperazine rings is 1. The Labute approximate surface area is 498 Å². The van der Waals surface area contributed by atoms with E-state index in [2.05, 4.69) is 41.9 Å². The monoisotopic (exact) mass is 1180 g/mol. The Morgan fingerprint density at radius 3 is 2.57 bits per heavy atom. The van der Waals surface area contributed by atoms with Crippen molar-refractivity contribution in [2.75, 3.05) is 44.4 Å². The number of aromatic amines is 2. The molecule has 5 aromatic heterocycles. The number of nitrogens with two attached hydrogens (primary N) is 1. The van der Waals surface area contributed by atoms with Crippen LogP contribution in [0.4, 0.5) is 10.2 Å². The molecule has 10 heterocycles. The lowest BCUT2D eigenvalue weighted by atomic mass is 9.88. The van der Waals surface area contributed by atoms with E-state index < -0.39 is 48.2 Å². The first-order chi connectivity index (χ1) is 42.2. The van der Waals surface area contributed by atoms with E-state index in [0.29, 0.717) is 94.8 Å². The molecule has 5 fully saturated rings. The fraction of sp³-hybridized carbons (Fsp3) is 0.438. The summed E-state index contributed by atoms with van der Waals surface area (Å²) < 4.78 is 39.2. The highest BCUT2D eigenvalue weighted by atomic mass is 19.1. The molecule has 1 saturated carbocycles. The smallest absolute Gasteiger partial charge is 0.319 e. The molecule has 2 amide bonds. The third-order valence-corrected chi connectivity index (χ3v) is 18.8. The van der Waals surface area contributed by atoms with Gasteiger partial charge in [-0.2, -0.15) is 25.3 Å². The predicted octanol–water partition coefficient (Wildman–Crippen LogP) is 6.13. The van der Waals surface area contributed by atoms with Gasteiger partial charge in [0.15, 0.2) is 11.3 Å². The summed E-state index contributed by atoms with van der Waals surface area (Å²) in [5.74, 6) is -0.303. The number of H-pyrrole nitrogens is 2. The summed E-state index contributed by atoms with van der Waals surface area (Å²) >= 11 is 0. The van der Waals surface area contributed by atoms with Gasteiger partial charge in [-0.25, -0.2) is 4.39 Å². The fourth-order valence-corrected chi connectivity index (χ4v) is 14.3. The molecule has 4 saturated heterocycles. The van der Waals surface area contributed by atoms with Crippen LogP contribution in [-0.4, -0.2) is 147 Å². The molecule has 87 heavy (non-hydrogen) atoms. The van der Waals surface area contributed by atoms with Gasteiger partial charge in [-0.15, -0.1) is 0 Å². The van der Waals surface area contributed by atoms with Crippen LogP contribution in [0.15, 0.2) is 78.0 Å². The molecule has 4 aromatic carbocycles. The maximum Gasteiger partial charge on any atom is 0.319 e. The summed E-state index contributed by atoms with van der Waals surface area (Å²) in [6.45, 7) is 8.34. The topological polar surface area (TPSA) is 282 Å². The molecule has 6 aliphatic rings. The van der Waals surface area contributed by atoms with Crippen molar-refractivity contribution in [2.24, 2.45) is 11.7 Å². The summed E-state index contributed by atoms with van der Waals surface area (Å²) in [7, 11) is 0. The van der Waals surface area contributed by atoms with E-state index in [1.165, 1.54) is 15.6 Å². The van der Waals surface area contributed by atoms with Gasteiger partial charge in [-0.05, 0) is 96.5 Å². The number of amides is 2. The molecule has 15 rings (SSSR count). The van der Waals surface area contributed by atoms with Crippen LogP contribution in [0.3, 0.4) is 0 Å². The number of pyridine rings is 1. The third-order valence-electron chi connectivity index (χ3n) is 18.8. The molecule has 2 bridgehead atoms. The molecule has 7 atom stereocenters. The number of carbonyl (C=O) groups excluding carboxylic acids is 2. The zero-order chi connectivity index (χ0) is 59.5. The van der Waals surface area contributed by atoms with E-state index in [1.807, 2.05) is 61.0 Å². The molecule has 22 nitrogen and oxygen atoms in total. The third kappa shape index (κ3) is 9.83. The molecule has 0 unspecified atom stereocenters. The number of aliphatic hydroxyl groups is 2. The van der Waals surface area contributed by atoms with Gasteiger partial charge < -0.3 is 55.6 Å². The molecule has 8 N–H and O–H groups in total. The first kappa shape index (κ1) is 55.2. The number of halogens is 1. The number of nitrogens with one attached hydrogen (secondary N) is 4. The van der Waals surface area contributed by atoms with Crippen LogP contribution < -0.4 is 36.3 Å². The standard InChI is InChI=1S/C64H69FN14O8/c1-31(2)58(63(84)77-27-40(81)20-53(77)61(82)71-51(29-80)35-7-9-42-36(17-35)18-37(66)25-78-52(42)10-13-69-78)79-28-47-43-8-4-33(16-49(43)70-62(83)57(47)75-79)30-86-59-55(54-32(3)48(65)22-50-46(54)24-68-74-50)44(34-5-6-34)21-45-56(59)72-64(87-41-11-14-85-15-12-41)73-60(45)76-26-38-19-39(76)23-67-38/h4,7-10,13,16-17,21-22,24,28,31,34,37-41,51,53,58,67,80-81H,5-6,11-12,14-15,18-20,23,25-27,29-30,66H2,1-3H3,(H,68,74)(H,70,83)(H,71,82)/t37-,38+,39+,40-,51+,53+,58+/m1/s1. The summed E-state index contributed by atoms with van der Waals surface area (Å²) in [5.41, 5.74) is 14.9. The Hall–Kier alpha value is -8.35. The van der Waals surface area contributed by atoms with E-state index in [-0.39, 0.29) is 66.9 Å². The molecule has 450 valence electrons. The van der Waals surface area contributed by atoms with Crippen LogP contribution in [-0.2, 0) is 33.9 Å². The summed E-state index contributed by atoms with van der Waals surface area (Å²) in [6, 6.07) is 14.8. The lowest BCUT2D eigenvalue weighted by molar-refractivity contribution is -0.142. The van der Waals surface area contributed by atoms with Crippen molar-refractivity contribution in [2.45, 2.75) is 133 Å².